The molecule has 0 heterocycles. The van der Waals surface area contributed by atoms with Crippen LogP contribution in [0.2, 0.25) is 0 Å². The molecule has 2 atom stereocenters. The van der Waals surface area contributed by atoms with Crippen LogP contribution in [0.25, 0.3) is 0 Å². The fraction of sp³-hybridized carbons (Fsp3) is 1.00. The van der Waals surface area contributed by atoms with E-state index in [4.69, 9.17) is 15.4 Å². The zero-order chi connectivity index (χ0) is 9.69. The van der Waals surface area contributed by atoms with Gasteiger partial charge in [0.05, 0.1) is 11.4 Å². The lowest BCUT2D eigenvalue weighted by atomic mass is 9.54. The first-order chi connectivity index (χ1) is 6.00. The number of methoxy groups -OCH3 is 1. The molecule has 0 amide bonds. The molecule has 3 nitrogen and oxygen atoms in total. The molecule has 2 aliphatic carbocycles. The third-order valence-corrected chi connectivity index (χ3v) is 5.61. The van der Waals surface area contributed by atoms with Crippen molar-refractivity contribution in [2.24, 2.45) is 5.41 Å². The van der Waals surface area contributed by atoms with Crippen molar-refractivity contribution in [3.05, 3.63) is 0 Å². The fourth-order valence-corrected chi connectivity index (χ4v) is 4.77. The van der Waals surface area contributed by atoms with Gasteiger partial charge < -0.3 is 4.74 Å². The maximum atomic E-state index is 11.2. The highest BCUT2D eigenvalue weighted by Crippen LogP contribution is 2.60. The SMILES string of the molecule is COC1CC(S(=O)(=O)Cl)C12CCC2. The van der Waals surface area contributed by atoms with Crippen molar-refractivity contribution in [3.8, 4) is 0 Å². The van der Waals surface area contributed by atoms with Crippen LogP contribution in [0.15, 0.2) is 0 Å². The van der Waals surface area contributed by atoms with E-state index in [1.54, 1.807) is 7.11 Å². The highest BCUT2D eigenvalue weighted by Gasteiger charge is 2.63. The molecule has 2 unspecified atom stereocenters. The van der Waals surface area contributed by atoms with Gasteiger partial charge in [-0.15, -0.1) is 0 Å². The van der Waals surface area contributed by atoms with Gasteiger partial charge in [0.2, 0.25) is 9.05 Å². The number of ether oxygens (including phenoxy) is 1. The van der Waals surface area contributed by atoms with Crippen molar-refractivity contribution < 1.29 is 13.2 Å². The Bertz CT molecular complexity index is 307. The highest BCUT2D eigenvalue weighted by molar-refractivity contribution is 8.14. The molecular weight excluding hydrogens is 212 g/mol. The Kier molecular flexibility index (Phi) is 2.13. The molecule has 2 saturated carbocycles. The van der Waals surface area contributed by atoms with Crippen molar-refractivity contribution in [1.29, 1.82) is 0 Å². The van der Waals surface area contributed by atoms with E-state index in [1.807, 2.05) is 0 Å². The van der Waals surface area contributed by atoms with Crippen LogP contribution in [0, 0.1) is 5.41 Å². The fourth-order valence-electron chi connectivity index (χ4n) is 2.67. The lowest BCUT2D eigenvalue weighted by Crippen LogP contribution is -2.63. The molecule has 0 N–H and O–H groups in total. The summed E-state index contributed by atoms with van der Waals surface area (Å²) < 4.78 is 27.6. The van der Waals surface area contributed by atoms with E-state index < -0.39 is 9.05 Å². The van der Waals surface area contributed by atoms with Crippen molar-refractivity contribution >= 4 is 19.7 Å². The summed E-state index contributed by atoms with van der Waals surface area (Å²) in [5.41, 5.74) is -0.130. The maximum Gasteiger partial charge on any atom is 0.236 e. The smallest absolute Gasteiger partial charge is 0.236 e. The van der Waals surface area contributed by atoms with E-state index >= 15 is 0 Å². The Morgan fingerprint density at radius 1 is 1.46 bits per heavy atom. The summed E-state index contributed by atoms with van der Waals surface area (Å²) in [6.45, 7) is 0. The van der Waals surface area contributed by atoms with Gasteiger partial charge in [0, 0.05) is 23.2 Å². The van der Waals surface area contributed by atoms with E-state index in [9.17, 15) is 8.42 Å². The summed E-state index contributed by atoms with van der Waals surface area (Å²) in [5, 5.41) is -0.361. The van der Waals surface area contributed by atoms with Crippen molar-refractivity contribution in [2.45, 2.75) is 37.0 Å². The maximum absolute atomic E-state index is 11.2. The molecule has 13 heavy (non-hydrogen) atoms. The van der Waals surface area contributed by atoms with E-state index in [2.05, 4.69) is 0 Å². The zero-order valence-corrected chi connectivity index (χ0v) is 9.07. The first kappa shape index (κ1) is 9.74. The molecule has 2 fully saturated rings. The summed E-state index contributed by atoms with van der Waals surface area (Å²) in [6, 6.07) is 0. The van der Waals surface area contributed by atoms with E-state index in [1.165, 1.54) is 0 Å². The third kappa shape index (κ3) is 1.22. The van der Waals surface area contributed by atoms with Gasteiger partial charge >= 0.3 is 0 Å². The Balaban J connectivity index is 2.19. The second-order valence-electron chi connectivity index (χ2n) is 4.01. The highest BCUT2D eigenvalue weighted by atomic mass is 35.7. The molecule has 5 heteroatoms. The Morgan fingerprint density at radius 3 is 2.38 bits per heavy atom. The summed E-state index contributed by atoms with van der Waals surface area (Å²) in [7, 11) is 3.63. The van der Waals surface area contributed by atoms with Gasteiger partial charge in [-0.3, -0.25) is 0 Å². The molecule has 76 valence electrons. The Morgan fingerprint density at radius 2 is 2.08 bits per heavy atom. The van der Waals surface area contributed by atoms with Crippen LogP contribution >= 0.6 is 10.7 Å². The van der Waals surface area contributed by atoms with Crippen LogP contribution in [0.1, 0.15) is 25.7 Å². The molecule has 0 aromatic carbocycles. The second kappa shape index (κ2) is 2.84. The zero-order valence-electron chi connectivity index (χ0n) is 7.49. The molecule has 2 rings (SSSR count). The van der Waals surface area contributed by atoms with Gasteiger partial charge in [-0.1, -0.05) is 6.42 Å². The van der Waals surface area contributed by atoms with Crippen LogP contribution in [-0.2, 0) is 13.8 Å². The summed E-state index contributed by atoms with van der Waals surface area (Å²) in [4.78, 5) is 0. The third-order valence-electron chi connectivity index (χ3n) is 3.62. The monoisotopic (exact) mass is 224 g/mol. The largest absolute Gasteiger partial charge is 0.381 e. The quantitative estimate of drug-likeness (QED) is 0.668. The average Bonchev–Trinajstić information content (AvgIpc) is 1.78. The minimum absolute atomic E-state index is 0.111. The molecule has 0 aromatic rings. The topological polar surface area (TPSA) is 43.4 Å². The van der Waals surface area contributed by atoms with E-state index in [0.29, 0.717) is 6.42 Å². The molecule has 0 aromatic heterocycles. The van der Waals surface area contributed by atoms with Crippen LogP contribution < -0.4 is 0 Å². The lowest BCUT2D eigenvalue weighted by molar-refractivity contribution is -0.130. The molecule has 0 bridgehead atoms. The van der Waals surface area contributed by atoms with Gasteiger partial charge in [-0.25, -0.2) is 8.42 Å². The molecular formula is C8H13ClO3S. The first-order valence-corrected chi connectivity index (χ1v) is 6.84. The van der Waals surface area contributed by atoms with Crippen LogP contribution in [0.4, 0.5) is 0 Å². The van der Waals surface area contributed by atoms with Crippen LogP contribution in [0.5, 0.6) is 0 Å². The van der Waals surface area contributed by atoms with Gasteiger partial charge in [0.25, 0.3) is 0 Å². The summed E-state index contributed by atoms with van der Waals surface area (Å²) >= 11 is 0. The van der Waals surface area contributed by atoms with Gasteiger partial charge in [0.1, 0.15) is 0 Å². The van der Waals surface area contributed by atoms with Crippen molar-refractivity contribution in [3.63, 3.8) is 0 Å². The predicted molar refractivity (Wildman–Crippen MR) is 50.3 cm³/mol. The summed E-state index contributed by atoms with van der Waals surface area (Å²) in [6.07, 6.45) is 3.68. The van der Waals surface area contributed by atoms with E-state index in [0.717, 1.165) is 19.3 Å². The number of hydrogen-bond acceptors (Lipinski definition) is 3. The first-order valence-electron chi connectivity index (χ1n) is 4.47. The van der Waals surface area contributed by atoms with E-state index in [-0.39, 0.29) is 16.8 Å². The molecule has 0 radical (unpaired) electrons. The number of halogens is 1. The van der Waals surface area contributed by atoms with Gasteiger partial charge in [-0.05, 0) is 19.3 Å². The molecule has 0 aliphatic heterocycles. The minimum Gasteiger partial charge on any atom is -0.381 e. The average molecular weight is 225 g/mol. The van der Waals surface area contributed by atoms with Gasteiger partial charge in [0.15, 0.2) is 0 Å². The molecule has 2 aliphatic rings. The molecule has 1 spiro atoms. The Labute approximate surface area is 82.8 Å². The standard InChI is InChI=1S/C8H13ClO3S/c1-12-6-5-7(13(9,10)11)8(6)3-2-4-8/h6-7H,2-5H2,1H3. The van der Waals surface area contributed by atoms with Crippen LogP contribution in [0.3, 0.4) is 0 Å². The lowest BCUT2D eigenvalue weighted by Gasteiger charge is -2.59. The molecule has 0 saturated heterocycles. The number of hydrogen-bond donors (Lipinski definition) is 0. The van der Waals surface area contributed by atoms with Crippen LogP contribution in [-0.4, -0.2) is 26.9 Å². The predicted octanol–water partition coefficient (Wildman–Crippen LogP) is 1.51. The van der Waals surface area contributed by atoms with Gasteiger partial charge in [-0.2, -0.15) is 0 Å². The Hall–Kier alpha value is 0.200. The minimum atomic E-state index is -3.39. The summed E-state index contributed by atoms with van der Waals surface area (Å²) in [5.74, 6) is 0. The van der Waals surface area contributed by atoms with Crippen molar-refractivity contribution in [1.82, 2.24) is 0 Å². The number of rotatable bonds is 2. The van der Waals surface area contributed by atoms with Crippen molar-refractivity contribution in [2.75, 3.05) is 7.11 Å². The normalized spacial score (nSPS) is 36.8. The second-order valence-corrected chi connectivity index (χ2v) is 6.82.